The maximum absolute atomic E-state index is 5.37. The van der Waals surface area contributed by atoms with Gasteiger partial charge in [-0.15, -0.1) is 0 Å². The first-order valence-corrected chi connectivity index (χ1v) is 7.07. The summed E-state index contributed by atoms with van der Waals surface area (Å²) in [6.07, 6.45) is 0. The zero-order chi connectivity index (χ0) is 15.7. The van der Waals surface area contributed by atoms with Crippen LogP contribution in [0.3, 0.4) is 0 Å². The van der Waals surface area contributed by atoms with E-state index < -0.39 is 0 Å². The summed E-state index contributed by atoms with van der Waals surface area (Å²) in [6, 6.07) is 8.33. The molecule has 1 aromatic rings. The molecule has 1 aromatic carbocycles. The molecule has 0 spiro atoms. The molecule has 0 aliphatic rings. The van der Waals surface area contributed by atoms with E-state index in [0.717, 1.165) is 12.5 Å². The fourth-order valence-electron chi connectivity index (χ4n) is 1.70. The minimum absolute atomic E-state index is 0.223. The van der Waals surface area contributed by atoms with E-state index in [9.17, 15) is 0 Å². The number of nitrogens with zero attached hydrogens (tertiary/aromatic N) is 1. The molecule has 0 aliphatic carbocycles. The molecule has 5 nitrogen and oxygen atoms in total. The summed E-state index contributed by atoms with van der Waals surface area (Å²) in [4.78, 5) is 4.21. The van der Waals surface area contributed by atoms with E-state index in [1.807, 2.05) is 13.8 Å². The molecule has 0 saturated carbocycles. The first-order chi connectivity index (χ1) is 10.0. The van der Waals surface area contributed by atoms with Crippen LogP contribution in [0.2, 0.25) is 0 Å². The van der Waals surface area contributed by atoms with E-state index in [2.05, 4.69) is 39.9 Å². The molecular formula is C16H27N3O2. The Morgan fingerprint density at radius 1 is 1.10 bits per heavy atom. The van der Waals surface area contributed by atoms with Crippen LogP contribution >= 0.6 is 0 Å². The Morgan fingerprint density at radius 2 is 1.71 bits per heavy atom. The molecule has 0 atom stereocenters. The molecule has 5 heteroatoms. The van der Waals surface area contributed by atoms with Crippen molar-refractivity contribution in [3.8, 4) is 0 Å². The molecule has 0 aliphatic heterocycles. The van der Waals surface area contributed by atoms with Crippen LogP contribution in [0, 0.1) is 0 Å². The molecule has 0 radical (unpaired) electrons. The first-order valence-electron chi connectivity index (χ1n) is 7.07. The van der Waals surface area contributed by atoms with Crippen molar-refractivity contribution in [3.05, 3.63) is 35.4 Å². The van der Waals surface area contributed by atoms with Crippen LogP contribution in [0.5, 0.6) is 0 Å². The molecular weight excluding hydrogens is 266 g/mol. The standard InChI is InChI=1S/C16H27N3O2/c1-16(2,21-5)12-19-15(17-3)18-10-13-6-8-14(9-7-13)11-20-4/h6-9H,10-12H2,1-5H3,(H2,17,18,19). The fourth-order valence-corrected chi connectivity index (χ4v) is 1.70. The maximum atomic E-state index is 5.37. The lowest BCUT2D eigenvalue weighted by Gasteiger charge is -2.24. The normalized spacial score (nSPS) is 12.3. The van der Waals surface area contributed by atoms with Gasteiger partial charge in [0, 0.05) is 34.4 Å². The summed E-state index contributed by atoms with van der Waals surface area (Å²) in [5.41, 5.74) is 2.15. The Balaban J connectivity index is 2.44. The van der Waals surface area contributed by atoms with E-state index in [1.165, 1.54) is 11.1 Å². The lowest BCUT2D eigenvalue weighted by molar-refractivity contribution is 0.0268. The van der Waals surface area contributed by atoms with E-state index in [1.54, 1.807) is 21.3 Å². The molecule has 0 aromatic heterocycles. The Labute approximate surface area is 127 Å². The van der Waals surface area contributed by atoms with Crippen molar-refractivity contribution < 1.29 is 9.47 Å². The third-order valence-electron chi connectivity index (χ3n) is 3.25. The van der Waals surface area contributed by atoms with Gasteiger partial charge in [0.1, 0.15) is 0 Å². The second kappa shape index (κ2) is 8.64. The second-order valence-corrected chi connectivity index (χ2v) is 5.49. The Morgan fingerprint density at radius 3 is 2.24 bits per heavy atom. The molecule has 0 heterocycles. The number of nitrogens with one attached hydrogen (secondary N) is 2. The van der Waals surface area contributed by atoms with Crippen molar-refractivity contribution in [2.75, 3.05) is 27.8 Å². The van der Waals surface area contributed by atoms with Gasteiger partial charge in [0.05, 0.1) is 12.2 Å². The number of hydrogen-bond donors (Lipinski definition) is 2. The highest BCUT2D eigenvalue weighted by Crippen LogP contribution is 2.06. The number of rotatable bonds is 7. The molecule has 0 fully saturated rings. The second-order valence-electron chi connectivity index (χ2n) is 5.49. The minimum Gasteiger partial charge on any atom is -0.380 e. The highest BCUT2D eigenvalue weighted by atomic mass is 16.5. The molecule has 0 unspecified atom stereocenters. The van der Waals surface area contributed by atoms with Gasteiger partial charge in [0.2, 0.25) is 0 Å². The van der Waals surface area contributed by atoms with Crippen molar-refractivity contribution in [3.63, 3.8) is 0 Å². The zero-order valence-electron chi connectivity index (χ0n) is 13.7. The van der Waals surface area contributed by atoms with Gasteiger partial charge in [-0.25, -0.2) is 0 Å². The van der Waals surface area contributed by atoms with Crippen molar-refractivity contribution in [2.24, 2.45) is 4.99 Å². The van der Waals surface area contributed by atoms with Crippen LogP contribution in [-0.2, 0) is 22.6 Å². The van der Waals surface area contributed by atoms with E-state index >= 15 is 0 Å². The van der Waals surface area contributed by atoms with Gasteiger partial charge >= 0.3 is 0 Å². The molecule has 118 valence electrons. The lowest BCUT2D eigenvalue weighted by atomic mass is 10.1. The minimum atomic E-state index is -0.223. The third-order valence-corrected chi connectivity index (χ3v) is 3.25. The monoisotopic (exact) mass is 293 g/mol. The number of benzene rings is 1. The number of hydrogen-bond acceptors (Lipinski definition) is 3. The summed E-state index contributed by atoms with van der Waals surface area (Å²) in [5.74, 6) is 0.765. The third kappa shape index (κ3) is 6.60. The predicted molar refractivity (Wildman–Crippen MR) is 86.4 cm³/mol. The number of guanidine groups is 1. The Kier molecular flexibility index (Phi) is 7.19. The van der Waals surface area contributed by atoms with Gasteiger partial charge in [0.15, 0.2) is 5.96 Å². The molecule has 1 rings (SSSR count). The van der Waals surface area contributed by atoms with Crippen LogP contribution in [-0.4, -0.2) is 39.4 Å². The van der Waals surface area contributed by atoms with Crippen LogP contribution in [0.25, 0.3) is 0 Å². The van der Waals surface area contributed by atoms with E-state index in [0.29, 0.717) is 13.2 Å². The summed E-state index contributed by atoms with van der Waals surface area (Å²) < 4.78 is 10.5. The van der Waals surface area contributed by atoms with Gasteiger partial charge in [-0.2, -0.15) is 0 Å². The Hall–Kier alpha value is -1.59. The van der Waals surface area contributed by atoms with E-state index in [4.69, 9.17) is 9.47 Å². The molecule has 0 saturated heterocycles. The van der Waals surface area contributed by atoms with Gasteiger partial charge in [-0.05, 0) is 25.0 Å². The highest BCUT2D eigenvalue weighted by molar-refractivity contribution is 5.79. The molecule has 21 heavy (non-hydrogen) atoms. The van der Waals surface area contributed by atoms with Crippen molar-refractivity contribution in [1.29, 1.82) is 0 Å². The number of ether oxygens (including phenoxy) is 2. The smallest absolute Gasteiger partial charge is 0.191 e. The van der Waals surface area contributed by atoms with Gasteiger partial charge in [-0.3, -0.25) is 4.99 Å². The average Bonchev–Trinajstić information content (AvgIpc) is 2.49. The molecule has 2 N–H and O–H groups in total. The van der Waals surface area contributed by atoms with Crippen molar-refractivity contribution in [2.45, 2.75) is 32.6 Å². The fraction of sp³-hybridized carbons (Fsp3) is 0.562. The predicted octanol–water partition coefficient (Wildman–Crippen LogP) is 1.92. The quantitative estimate of drug-likeness (QED) is 0.596. The van der Waals surface area contributed by atoms with E-state index in [-0.39, 0.29) is 5.60 Å². The highest BCUT2D eigenvalue weighted by Gasteiger charge is 2.16. The lowest BCUT2D eigenvalue weighted by Crippen LogP contribution is -2.45. The van der Waals surface area contributed by atoms with Gasteiger partial charge < -0.3 is 20.1 Å². The van der Waals surface area contributed by atoms with Crippen LogP contribution in [0.1, 0.15) is 25.0 Å². The maximum Gasteiger partial charge on any atom is 0.191 e. The Bertz CT molecular complexity index is 441. The summed E-state index contributed by atoms with van der Waals surface area (Å²) in [7, 11) is 5.17. The summed E-state index contributed by atoms with van der Waals surface area (Å²) in [5, 5.41) is 6.54. The van der Waals surface area contributed by atoms with Gasteiger partial charge in [-0.1, -0.05) is 24.3 Å². The van der Waals surface area contributed by atoms with Gasteiger partial charge in [0.25, 0.3) is 0 Å². The average molecular weight is 293 g/mol. The first kappa shape index (κ1) is 17.5. The number of aliphatic imine (C=N–C) groups is 1. The SMILES string of the molecule is CN=C(NCc1ccc(COC)cc1)NCC(C)(C)OC. The summed E-state index contributed by atoms with van der Waals surface area (Å²) >= 11 is 0. The molecule has 0 amide bonds. The topological polar surface area (TPSA) is 54.9 Å². The van der Waals surface area contributed by atoms with Crippen molar-refractivity contribution >= 4 is 5.96 Å². The van der Waals surface area contributed by atoms with Crippen molar-refractivity contribution in [1.82, 2.24) is 10.6 Å². The van der Waals surface area contributed by atoms with Crippen LogP contribution in [0.4, 0.5) is 0 Å². The largest absolute Gasteiger partial charge is 0.380 e. The summed E-state index contributed by atoms with van der Waals surface area (Å²) in [6.45, 7) is 6.11. The number of methoxy groups -OCH3 is 2. The zero-order valence-corrected chi connectivity index (χ0v) is 13.7. The van der Waals surface area contributed by atoms with Crippen LogP contribution < -0.4 is 10.6 Å². The molecule has 0 bridgehead atoms. The van der Waals surface area contributed by atoms with Crippen LogP contribution in [0.15, 0.2) is 29.3 Å².